The summed E-state index contributed by atoms with van der Waals surface area (Å²) in [4.78, 5) is 2.43. The number of nitrogens with one attached hydrogen (secondary N) is 1. The predicted molar refractivity (Wildman–Crippen MR) is 73.5 cm³/mol. The van der Waals surface area contributed by atoms with E-state index in [1.807, 2.05) is 18.2 Å². The van der Waals surface area contributed by atoms with Crippen LogP contribution < -0.4 is 14.8 Å². The molecule has 0 saturated heterocycles. The summed E-state index contributed by atoms with van der Waals surface area (Å²) in [6.07, 6.45) is 1.15. The largest absolute Gasteiger partial charge is 0.454 e. The molecule has 4 heteroatoms. The third kappa shape index (κ3) is 3.29. The first-order valence-electron chi connectivity index (χ1n) is 6.69. The number of hydrogen-bond donors (Lipinski definition) is 1. The Bertz CT molecular complexity index is 378. The third-order valence-electron chi connectivity index (χ3n) is 3.25. The molecule has 1 N–H and O–H groups in total. The number of hydrogen-bond acceptors (Lipinski definition) is 4. The Hall–Kier alpha value is -1.42. The average molecular weight is 250 g/mol. The minimum absolute atomic E-state index is 0.334. The van der Waals surface area contributed by atoms with Gasteiger partial charge in [0.05, 0.1) is 0 Å². The first-order valence-corrected chi connectivity index (χ1v) is 6.69. The van der Waals surface area contributed by atoms with Crippen molar-refractivity contribution in [1.82, 2.24) is 4.90 Å². The van der Waals surface area contributed by atoms with Crippen molar-refractivity contribution in [1.29, 1.82) is 0 Å². The fraction of sp³-hybridized carbons (Fsp3) is 0.571. The van der Waals surface area contributed by atoms with E-state index < -0.39 is 0 Å². The fourth-order valence-electron chi connectivity index (χ4n) is 2.08. The van der Waals surface area contributed by atoms with Gasteiger partial charge in [-0.15, -0.1) is 0 Å². The van der Waals surface area contributed by atoms with Crippen molar-refractivity contribution in [2.45, 2.75) is 20.3 Å². The molecule has 1 aromatic rings. The van der Waals surface area contributed by atoms with Crippen LogP contribution in [0.3, 0.4) is 0 Å². The number of ether oxygens (including phenoxy) is 2. The Balaban J connectivity index is 1.74. The monoisotopic (exact) mass is 250 g/mol. The summed E-state index contributed by atoms with van der Waals surface area (Å²) in [5.41, 5.74) is 1.10. The van der Waals surface area contributed by atoms with Gasteiger partial charge in [0.25, 0.3) is 0 Å². The van der Waals surface area contributed by atoms with E-state index in [-0.39, 0.29) is 0 Å². The second kappa shape index (κ2) is 6.50. The van der Waals surface area contributed by atoms with E-state index in [9.17, 15) is 0 Å². The summed E-state index contributed by atoms with van der Waals surface area (Å²) >= 11 is 0. The Morgan fingerprint density at radius 2 is 1.94 bits per heavy atom. The molecule has 0 spiro atoms. The topological polar surface area (TPSA) is 33.7 Å². The molecule has 1 aliphatic heterocycles. The van der Waals surface area contributed by atoms with Crippen LogP contribution in [0.1, 0.15) is 20.3 Å². The van der Waals surface area contributed by atoms with Crippen LogP contribution in [0.15, 0.2) is 18.2 Å². The van der Waals surface area contributed by atoms with Crippen LogP contribution in [0.25, 0.3) is 0 Å². The summed E-state index contributed by atoms with van der Waals surface area (Å²) in [5, 5.41) is 3.42. The van der Waals surface area contributed by atoms with Gasteiger partial charge < -0.3 is 19.7 Å². The van der Waals surface area contributed by atoms with Gasteiger partial charge in [0.15, 0.2) is 11.5 Å². The highest BCUT2D eigenvalue weighted by Gasteiger charge is 2.12. The number of rotatable bonds is 7. The van der Waals surface area contributed by atoms with Crippen LogP contribution in [-0.4, -0.2) is 37.9 Å². The van der Waals surface area contributed by atoms with Crippen LogP contribution in [0.2, 0.25) is 0 Å². The van der Waals surface area contributed by atoms with E-state index in [1.54, 1.807) is 0 Å². The van der Waals surface area contributed by atoms with Crippen LogP contribution in [-0.2, 0) is 0 Å². The number of nitrogens with zero attached hydrogens (tertiary/aromatic N) is 1. The first-order chi connectivity index (χ1) is 8.83. The summed E-state index contributed by atoms with van der Waals surface area (Å²) in [5.74, 6) is 1.67. The van der Waals surface area contributed by atoms with Crippen LogP contribution in [0.5, 0.6) is 11.5 Å². The maximum absolute atomic E-state index is 5.35. The second-order valence-corrected chi connectivity index (χ2v) is 4.38. The van der Waals surface area contributed by atoms with E-state index in [0.29, 0.717) is 6.79 Å². The Kier molecular flexibility index (Phi) is 4.70. The molecule has 0 amide bonds. The fourth-order valence-corrected chi connectivity index (χ4v) is 2.08. The molecule has 1 heterocycles. The molecule has 0 aromatic heterocycles. The van der Waals surface area contributed by atoms with Crippen LogP contribution >= 0.6 is 0 Å². The van der Waals surface area contributed by atoms with Crippen LogP contribution in [0, 0.1) is 0 Å². The average Bonchev–Trinajstić information content (AvgIpc) is 2.86. The summed E-state index contributed by atoms with van der Waals surface area (Å²) in [6, 6.07) is 5.99. The van der Waals surface area contributed by atoms with Gasteiger partial charge in [0.2, 0.25) is 6.79 Å². The van der Waals surface area contributed by atoms with Gasteiger partial charge in [-0.3, -0.25) is 0 Å². The molecule has 100 valence electrons. The zero-order valence-electron chi connectivity index (χ0n) is 11.2. The molecule has 0 aliphatic carbocycles. The van der Waals surface area contributed by atoms with E-state index in [4.69, 9.17) is 9.47 Å². The first kappa shape index (κ1) is 13.0. The van der Waals surface area contributed by atoms with Gasteiger partial charge in [-0.2, -0.15) is 0 Å². The third-order valence-corrected chi connectivity index (χ3v) is 3.25. The van der Waals surface area contributed by atoms with Crippen molar-refractivity contribution < 1.29 is 9.47 Å². The van der Waals surface area contributed by atoms with Crippen molar-refractivity contribution in [3.05, 3.63) is 18.2 Å². The molecule has 1 aromatic carbocycles. The summed E-state index contributed by atoms with van der Waals surface area (Å²) < 4.78 is 10.6. The highest BCUT2D eigenvalue weighted by atomic mass is 16.7. The molecular weight excluding hydrogens is 228 g/mol. The van der Waals surface area contributed by atoms with Crippen molar-refractivity contribution in [2.24, 2.45) is 0 Å². The smallest absolute Gasteiger partial charge is 0.231 e. The van der Waals surface area contributed by atoms with Gasteiger partial charge in [-0.1, -0.05) is 13.8 Å². The van der Waals surface area contributed by atoms with Gasteiger partial charge in [0.1, 0.15) is 0 Å². The van der Waals surface area contributed by atoms with Crippen molar-refractivity contribution >= 4 is 5.69 Å². The molecule has 18 heavy (non-hydrogen) atoms. The molecular formula is C14H22N2O2. The minimum Gasteiger partial charge on any atom is -0.454 e. The lowest BCUT2D eigenvalue weighted by molar-refractivity contribution is 0.174. The van der Waals surface area contributed by atoms with E-state index >= 15 is 0 Å². The zero-order valence-corrected chi connectivity index (χ0v) is 11.2. The summed E-state index contributed by atoms with van der Waals surface area (Å²) in [7, 11) is 0. The number of anilines is 1. The second-order valence-electron chi connectivity index (χ2n) is 4.38. The molecule has 0 saturated carbocycles. The number of benzene rings is 1. The highest BCUT2D eigenvalue weighted by molar-refractivity contribution is 5.55. The van der Waals surface area contributed by atoms with E-state index in [0.717, 1.165) is 49.8 Å². The lowest BCUT2D eigenvalue weighted by Gasteiger charge is -2.17. The Labute approximate surface area is 109 Å². The standard InChI is InChI=1S/C14H22N2O2/c1-3-16(4-2)9-5-8-15-12-6-7-13-14(10-12)18-11-17-13/h6-7,10,15H,3-5,8-9,11H2,1-2H3. The van der Waals surface area contributed by atoms with Gasteiger partial charge >= 0.3 is 0 Å². The van der Waals surface area contributed by atoms with E-state index in [1.165, 1.54) is 0 Å². The number of fused-ring (bicyclic) bond motifs is 1. The van der Waals surface area contributed by atoms with Gasteiger partial charge in [-0.25, -0.2) is 0 Å². The summed E-state index contributed by atoms with van der Waals surface area (Å²) in [6.45, 7) is 9.12. The molecule has 1 aliphatic rings. The molecule has 0 unspecified atom stereocenters. The molecule has 0 bridgehead atoms. The molecule has 4 nitrogen and oxygen atoms in total. The SMILES string of the molecule is CCN(CC)CCCNc1ccc2c(c1)OCO2. The van der Waals surface area contributed by atoms with E-state index in [2.05, 4.69) is 24.1 Å². The molecule has 0 atom stereocenters. The highest BCUT2D eigenvalue weighted by Crippen LogP contribution is 2.34. The Morgan fingerprint density at radius 1 is 1.17 bits per heavy atom. The van der Waals surface area contributed by atoms with Crippen molar-refractivity contribution in [3.8, 4) is 11.5 Å². The van der Waals surface area contributed by atoms with Crippen molar-refractivity contribution in [2.75, 3.05) is 38.3 Å². The predicted octanol–water partition coefficient (Wildman–Crippen LogP) is 2.56. The van der Waals surface area contributed by atoms with Crippen LogP contribution in [0.4, 0.5) is 5.69 Å². The quantitative estimate of drug-likeness (QED) is 0.754. The van der Waals surface area contributed by atoms with Crippen molar-refractivity contribution in [3.63, 3.8) is 0 Å². The zero-order chi connectivity index (χ0) is 12.8. The minimum atomic E-state index is 0.334. The maximum Gasteiger partial charge on any atom is 0.231 e. The van der Waals surface area contributed by atoms with Gasteiger partial charge in [-0.05, 0) is 38.2 Å². The molecule has 0 radical (unpaired) electrons. The normalized spacial score (nSPS) is 13.1. The lowest BCUT2D eigenvalue weighted by atomic mass is 10.2. The van der Waals surface area contributed by atoms with Gasteiger partial charge in [0, 0.05) is 18.3 Å². The molecule has 2 rings (SSSR count). The Morgan fingerprint density at radius 3 is 2.72 bits per heavy atom. The molecule has 0 fully saturated rings. The lowest BCUT2D eigenvalue weighted by Crippen LogP contribution is -2.25. The maximum atomic E-state index is 5.35.